The molecule has 0 radical (unpaired) electrons. The molecule has 132 valence electrons. The normalized spacial score (nSPS) is 13.6. The van der Waals surface area contributed by atoms with Crippen LogP contribution in [0.4, 0.5) is 0 Å². The van der Waals surface area contributed by atoms with E-state index < -0.39 is 0 Å². The molecule has 1 aliphatic rings. The molecule has 28 heavy (non-hydrogen) atoms. The van der Waals surface area contributed by atoms with Gasteiger partial charge in [-0.25, -0.2) is 0 Å². The van der Waals surface area contributed by atoms with Crippen LogP contribution in [0.15, 0.2) is 97.1 Å². The Hall–Kier alpha value is -3.78. The fourth-order valence-corrected chi connectivity index (χ4v) is 4.02. The summed E-state index contributed by atoms with van der Waals surface area (Å²) in [5, 5.41) is 10.9. The van der Waals surface area contributed by atoms with Gasteiger partial charge in [0.2, 0.25) is 0 Å². The van der Waals surface area contributed by atoms with Crippen LogP contribution in [-0.4, -0.2) is 11.6 Å². The van der Waals surface area contributed by atoms with Crippen molar-refractivity contribution in [2.45, 2.75) is 0 Å². The van der Waals surface area contributed by atoms with Gasteiger partial charge in [-0.15, -0.1) is 0 Å². The van der Waals surface area contributed by atoms with Crippen LogP contribution in [0.2, 0.25) is 0 Å². The number of hydrogen-bond donors (Lipinski definition) is 0. The molecule has 0 saturated carbocycles. The SMILES string of the molecule is O=C1C=CC(=O)C=C1.c1cc2cccc3c4cccc5cccc(c(c1)c23)c54. The van der Waals surface area contributed by atoms with Crippen molar-refractivity contribution in [1.82, 2.24) is 0 Å². The zero-order valence-corrected chi connectivity index (χ0v) is 15.1. The van der Waals surface area contributed by atoms with Crippen molar-refractivity contribution in [2.75, 3.05) is 0 Å². The number of hydrogen-bond acceptors (Lipinski definition) is 2. The number of ketones is 2. The average molecular weight is 360 g/mol. The first-order valence-electron chi connectivity index (χ1n) is 9.21. The molecule has 0 fully saturated rings. The van der Waals surface area contributed by atoms with E-state index in [0.717, 1.165) is 0 Å². The number of carbonyl (C=O) groups is 2. The minimum atomic E-state index is -0.121. The number of allylic oxidation sites excluding steroid dienone is 4. The Morgan fingerprint density at radius 1 is 0.393 bits per heavy atom. The van der Waals surface area contributed by atoms with Gasteiger partial charge >= 0.3 is 0 Å². The van der Waals surface area contributed by atoms with Gasteiger partial charge in [0.15, 0.2) is 11.6 Å². The molecule has 0 unspecified atom stereocenters. The van der Waals surface area contributed by atoms with Crippen molar-refractivity contribution >= 4 is 54.7 Å². The number of benzene rings is 5. The standard InChI is InChI=1S/C20H12.C6H4O2/c1-5-13-6-2-11-17-18-12-4-8-14-7-3-10-16(20(14)18)15(9-1)19(13)17;7-5-1-2-6(8)4-3-5/h1-12H;1-4H. The van der Waals surface area contributed by atoms with E-state index in [-0.39, 0.29) is 11.6 Å². The van der Waals surface area contributed by atoms with Gasteiger partial charge in [0.25, 0.3) is 0 Å². The Bertz CT molecular complexity index is 1230. The Kier molecular flexibility index (Phi) is 3.77. The maximum absolute atomic E-state index is 10.3. The lowest BCUT2D eigenvalue weighted by atomic mass is 9.90. The topological polar surface area (TPSA) is 34.1 Å². The quantitative estimate of drug-likeness (QED) is 0.193. The van der Waals surface area contributed by atoms with E-state index in [1.54, 1.807) is 0 Å². The molecule has 0 N–H and O–H groups in total. The molecule has 0 saturated heterocycles. The summed E-state index contributed by atoms with van der Waals surface area (Å²) in [4.78, 5) is 20.6. The highest BCUT2D eigenvalue weighted by Crippen LogP contribution is 2.39. The van der Waals surface area contributed by atoms with E-state index in [9.17, 15) is 9.59 Å². The summed E-state index contributed by atoms with van der Waals surface area (Å²) in [6.45, 7) is 0. The summed E-state index contributed by atoms with van der Waals surface area (Å²) < 4.78 is 0. The van der Waals surface area contributed by atoms with E-state index in [2.05, 4.69) is 72.8 Å². The predicted octanol–water partition coefficient (Wildman–Crippen LogP) is 5.99. The monoisotopic (exact) mass is 360 g/mol. The number of carbonyl (C=O) groups excluding carboxylic acids is 2. The molecule has 2 heteroatoms. The molecule has 1 aliphatic carbocycles. The summed E-state index contributed by atoms with van der Waals surface area (Å²) in [7, 11) is 0. The van der Waals surface area contributed by atoms with Crippen LogP contribution in [0.1, 0.15) is 0 Å². The van der Waals surface area contributed by atoms with Gasteiger partial charge in [0, 0.05) is 0 Å². The summed E-state index contributed by atoms with van der Waals surface area (Å²) in [6.07, 6.45) is 5.01. The number of fused-ring (bicyclic) bond motifs is 2. The van der Waals surface area contributed by atoms with Crippen LogP contribution in [0, 0.1) is 0 Å². The lowest BCUT2D eigenvalue weighted by molar-refractivity contribution is -0.113. The van der Waals surface area contributed by atoms with Crippen LogP contribution in [0.25, 0.3) is 43.1 Å². The van der Waals surface area contributed by atoms with Crippen LogP contribution in [0.5, 0.6) is 0 Å². The maximum Gasteiger partial charge on any atom is 0.178 e. The van der Waals surface area contributed by atoms with Crippen molar-refractivity contribution in [3.63, 3.8) is 0 Å². The first kappa shape index (κ1) is 16.4. The highest BCUT2D eigenvalue weighted by atomic mass is 16.1. The fraction of sp³-hybridized carbons (Fsp3) is 0. The van der Waals surface area contributed by atoms with Gasteiger partial charge in [-0.1, -0.05) is 72.8 Å². The van der Waals surface area contributed by atoms with Gasteiger partial charge in [-0.2, -0.15) is 0 Å². The lowest BCUT2D eigenvalue weighted by Crippen LogP contribution is -1.97. The highest BCUT2D eigenvalue weighted by molar-refractivity contribution is 6.32. The summed E-state index contributed by atoms with van der Waals surface area (Å²) in [5.41, 5.74) is 0. The third-order valence-electron chi connectivity index (χ3n) is 5.21. The van der Waals surface area contributed by atoms with Crippen LogP contribution >= 0.6 is 0 Å². The zero-order valence-electron chi connectivity index (χ0n) is 15.1. The van der Waals surface area contributed by atoms with Crippen molar-refractivity contribution in [2.24, 2.45) is 0 Å². The van der Waals surface area contributed by atoms with E-state index in [4.69, 9.17) is 0 Å². The van der Waals surface area contributed by atoms with Crippen LogP contribution in [0.3, 0.4) is 0 Å². The van der Waals surface area contributed by atoms with Crippen LogP contribution in [-0.2, 0) is 9.59 Å². The Labute approximate surface area is 161 Å². The fourth-order valence-electron chi connectivity index (χ4n) is 4.02. The molecule has 0 aromatic heterocycles. The molecule has 2 nitrogen and oxygen atoms in total. The Morgan fingerprint density at radius 3 is 0.964 bits per heavy atom. The third-order valence-corrected chi connectivity index (χ3v) is 5.21. The highest BCUT2D eigenvalue weighted by Gasteiger charge is 2.11. The molecule has 5 aromatic rings. The van der Waals surface area contributed by atoms with Crippen molar-refractivity contribution in [3.05, 3.63) is 97.1 Å². The molecule has 0 spiro atoms. The van der Waals surface area contributed by atoms with E-state index in [1.165, 1.54) is 67.4 Å². The molecule has 0 bridgehead atoms. The zero-order chi connectivity index (χ0) is 19.1. The van der Waals surface area contributed by atoms with E-state index >= 15 is 0 Å². The molecule has 0 atom stereocenters. The van der Waals surface area contributed by atoms with Gasteiger partial charge in [0.1, 0.15) is 0 Å². The summed E-state index contributed by atoms with van der Waals surface area (Å²) >= 11 is 0. The van der Waals surface area contributed by atoms with Crippen molar-refractivity contribution in [1.29, 1.82) is 0 Å². The Balaban J connectivity index is 0.000000181. The lowest BCUT2D eigenvalue weighted by Gasteiger charge is -2.13. The smallest absolute Gasteiger partial charge is 0.178 e. The third kappa shape index (κ3) is 2.58. The molecule has 5 aromatic carbocycles. The van der Waals surface area contributed by atoms with Crippen LogP contribution < -0.4 is 0 Å². The van der Waals surface area contributed by atoms with Gasteiger partial charge in [0.05, 0.1) is 0 Å². The second kappa shape index (κ2) is 6.43. The number of rotatable bonds is 0. The maximum atomic E-state index is 10.3. The molecule has 6 rings (SSSR count). The summed E-state index contributed by atoms with van der Waals surface area (Å²) in [6, 6.07) is 26.4. The van der Waals surface area contributed by atoms with Crippen molar-refractivity contribution < 1.29 is 9.59 Å². The first-order chi connectivity index (χ1) is 13.7. The van der Waals surface area contributed by atoms with Gasteiger partial charge < -0.3 is 0 Å². The average Bonchev–Trinajstić information content (AvgIpc) is 2.74. The van der Waals surface area contributed by atoms with E-state index in [0.29, 0.717) is 0 Å². The molecule has 0 heterocycles. The minimum absolute atomic E-state index is 0.121. The largest absolute Gasteiger partial charge is 0.290 e. The summed E-state index contributed by atoms with van der Waals surface area (Å²) in [5.74, 6) is -0.241. The first-order valence-corrected chi connectivity index (χ1v) is 9.21. The van der Waals surface area contributed by atoms with Gasteiger partial charge in [-0.3, -0.25) is 9.59 Å². The molecule has 0 aliphatic heterocycles. The molecular weight excluding hydrogens is 344 g/mol. The molecular formula is C26H16O2. The molecule has 0 amide bonds. The van der Waals surface area contributed by atoms with Gasteiger partial charge in [-0.05, 0) is 67.4 Å². The van der Waals surface area contributed by atoms with E-state index in [1.807, 2.05) is 0 Å². The predicted molar refractivity (Wildman–Crippen MR) is 116 cm³/mol. The Morgan fingerprint density at radius 2 is 0.679 bits per heavy atom. The second-order valence-corrected chi connectivity index (χ2v) is 6.89. The van der Waals surface area contributed by atoms with Crippen molar-refractivity contribution in [3.8, 4) is 0 Å². The minimum Gasteiger partial charge on any atom is -0.290 e. The second-order valence-electron chi connectivity index (χ2n) is 6.89.